The summed E-state index contributed by atoms with van der Waals surface area (Å²) in [4.78, 5) is 0. The summed E-state index contributed by atoms with van der Waals surface area (Å²) < 4.78 is 0. The van der Waals surface area contributed by atoms with Gasteiger partial charge in [0.25, 0.3) is 0 Å². The Labute approximate surface area is 115 Å². The molecule has 2 saturated heterocycles. The molecule has 1 aromatic carbocycles. The molecule has 2 heteroatoms. The van der Waals surface area contributed by atoms with Crippen LogP contribution in [0, 0.1) is 11.3 Å². The maximum atomic E-state index is 3.62. The smallest absolute Gasteiger partial charge is 0.00792 e. The van der Waals surface area contributed by atoms with Crippen molar-refractivity contribution in [3.05, 3.63) is 35.9 Å². The van der Waals surface area contributed by atoms with E-state index in [1.54, 1.807) is 0 Å². The van der Waals surface area contributed by atoms with Crippen molar-refractivity contribution in [1.82, 2.24) is 5.32 Å². The largest absolute Gasteiger partial charge is 0.316 e. The summed E-state index contributed by atoms with van der Waals surface area (Å²) in [6.07, 6.45) is 4.05. The zero-order valence-corrected chi connectivity index (χ0v) is 12.0. The van der Waals surface area contributed by atoms with Gasteiger partial charge in [-0.25, -0.2) is 0 Å². The number of benzene rings is 1. The number of nitrogens with one attached hydrogen (secondary N) is 1. The average molecular weight is 261 g/mol. The van der Waals surface area contributed by atoms with Crippen LogP contribution >= 0.6 is 11.8 Å². The molecule has 1 nitrogen and oxygen atoms in total. The first-order valence-electron chi connectivity index (χ1n) is 7.17. The molecule has 0 aliphatic carbocycles. The lowest BCUT2D eigenvalue weighted by Crippen LogP contribution is -2.48. The van der Waals surface area contributed by atoms with Gasteiger partial charge < -0.3 is 5.32 Å². The SMILES string of the molecule is CC1SCCC12CCNCC2Cc1ccccc1. The second-order valence-electron chi connectivity index (χ2n) is 5.84. The van der Waals surface area contributed by atoms with Crippen LogP contribution in [0.15, 0.2) is 30.3 Å². The third-order valence-electron chi connectivity index (χ3n) is 5.04. The Kier molecular flexibility index (Phi) is 3.67. The highest BCUT2D eigenvalue weighted by atomic mass is 32.2. The van der Waals surface area contributed by atoms with Crippen molar-refractivity contribution in [2.45, 2.75) is 31.4 Å². The molecule has 3 atom stereocenters. The average Bonchev–Trinajstić information content (AvgIpc) is 2.76. The van der Waals surface area contributed by atoms with Crippen LogP contribution in [0.5, 0.6) is 0 Å². The molecule has 2 fully saturated rings. The Morgan fingerprint density at radius 3 is 2.83 bits per heavy atom. The van der Waals surface area contributed by atoms with Crippen LogP contribution in [0.4, 0.5) is 0 Å². The van der Waals surface area contributed by atoms with Crippen molar-refractivity contribution in [2.24, 2.45) is 11.3 Å². The summed E-state index contributed by atoms with van der Waals surface area (Å²) in [5.74, 6) is 2.19. The molecule has 0 bridgehead atoms. The predicted octanol–water partition coefficient (Wildman–Crippen LogP) is 3.35. The molecule has 0 saturated carbocycles. The molecule has 18 heavy (non-hydrogen) atoms. The first kappa shape index (κ1) is 12.6. The van der Waals surface area contributed by atoms with Crippen LogP contribution in [0.2, 0.25) is 0 Å². The Morgan fingerprint density at radius 1 is 1.28 bits per heavy atom. The number of rotatable bonds is 2. The number of piperidine rings is 1. The van der Waals surface area contributed by atoms with E-state index in [9.17, 15) is 0 Å². The Balaban J connectivity index is 1.80. The summed E-state index contributed by atoms with van der Waals surface area (Å²) in [5, 5.41) is 4.46. The van der Waals surface area contributed by atoms with Crippen molar-refractivity contribution in [2.75, 3.05) is 18.8 Å². The Morgan fingerprint density at radius 2 is 2.11 bits per heavy atom. The lowest BCUT2D eigenvalue weighted by Gasteiger charge is -2.45. The second-order valence-corrected chi connectivity index (χ2v) is 7.29. The zero-order valence-electron chi connectivity index (χ0n) is 11.2. The molecule has 2 aliphatic heterocycles. The van der Waals surface area contributed by atoms with E-state index in [2.05, 4.69) is 54.3 Å². The van der Waals surface area contributed by atoms with E-state index in [0.717, 1.165) is 11.2 Å². The summed E-state index contributed by atoms with van der Waals surface area (Å²) in [5.41, 5.74) is 2.11. The number of hydrogen-bond acceptors (Lipinski definition) is 2. The Hall–Kier alpha value is -0.470. The third-order valence-corrected chi connectivity index (χ3v) is 6.45. The molecular weight excluding hydrogens is 238 g/mol. The van der Waals surface area contributed by atoms with E-state index >= 15 is 0 Å². The maximum absolute atomic E-state index is 3.62. The van der Waals surface area contributed by atoms with Crippen LogP contribution in [-0.4, -0.2) is 24.1 Å². The number of thioether (sulfide) groups is 1. The van der Waals surface area contributed by atoms with Gasteiger partial charge in [0.15, 0.2) is 0 Å². The quantitative estimate of drug-likeness (QED) is 0.876. The fourth-order valence-electron chi connectivity index (χ4n) is 3.84. The van der Waals surface area contributed by atoms with Gasteiger partial charge in [0, 0.05) is 5.25 Å². The second kappa shape index (κ2) is 5.26. The molecule has 98 valence electrons. The molecule has 1 spiro atoms. The molecule has 2 aliphatic rings. The molecule has 1 N–H and O–H groups in total. The minimum Gasteiger partial charge on any atom is -0.316 e. The summed E-state index contributed by atoms with van der Waals surface area (Å²) >= 11 is 2.19. The van der Waals surface area contributed by atoms with Gasteiger partial charge in [-0.2, -0.15) is 11.8 Å². The van der Waals surface area contributed by atoms with Crippen LogP contribution in [0.3, 0.4) is 0 Å². The van der Waals surface area contributed by atoms with Gasteiger partial charge in [0.05, 0.1) is 0 Å². The summed E-state index contributed by atoms with van der Waals surface area (Å²) in [7, 11) is 0. The highest BCUT2D eigenvalue weighted by Crippen LogP contribution is 2.52. The fraction of sp³-hybridized carbons (Fsp3) is 0.625. The molecule has 3 unspecified atom stereocenters. The highest BCUT2D eigenvalue weighted by Gasteiger charge is 2.47. The van der Waals surface area contributed by atoms with Crippen LogP contribution in [0.25, 0.3) is 0 Å². The van der Waals surface area contributed by atoms with Crippen molar-refractivity contribution >= 4 is 11.8 Å². The van der Waals surface area contributed by atoms with Gasteiger partial charge in [-0.1, -0.05) is 37.3 Å². The molecule has 0 aromatic heterocycles. The van der Waals surface area contributed by atoms with E-state index in [4.69, 9.17) is 0 Å². The van der Waals surface area contributed by atoms with Crippen LogP contribution in [0.1, 0.15) is 25.3 Å². The maximum Gasteiger partial charge on any atom is 0.00792 e. The van der Waals surface area contributed by atoms with Gasteiger partial charge >= 0.3 is 0 Å². The predicted molar refractivity (Wildman–Crippen MR) is 80.1 cm³/mol. The third kappa shape index (κ3) is 2.21. The minimum atomic E-state index is 0.603. The van der Waals surface area contributed by atoms with Crippen LogP contribution < -0.4 is 5.32 Å². The van der Waals surface area contributed by atoms with E-state index in [1.807, 2.05) is 0 Å². The van der Waals surface area contributed by atoms with E-state index < -0.39 is 0 Å². The monoisotopic (exact) mass is 261 g/mol. The van der Waals surface area contributed by atoms with Gasteiger partial charge in [-0.15, -0.1) is 0 Å². The van der Waals surface area contributed by atoms with Crippen molar-refractivity contribution < 1.29 is 0 Å². The van der Waals surface area contributed by atoms with Crippen molar-refractivity contribution in [1.29, 1.82) is 0 Å². The normalized spacial score (nSPS) is 36.1. The van der Waals surface area contributed by atoms with Crippen molar-refractivity contribution in [3.8, 4) is 0 Å². The lowest BCUT2D eigenvalue weighted by atomic mass is 9.65. The van der Waals surface area contributed by atoms with Gasteiger partial charge in [-0.3, -0.25) is 0 Å². The van der Waals surface area contributed by atoms with Crippen LogP contribution in [-0.2, 0) is 6.42 Å². The molecule has 1 aromatic rings. The van der Waals surface area contributed by atoms with Gasteiger partial charge in [0.2, 0.25) is 0 Å². The summed E-state index contributed by atoms with van der Waals surface area (Å²) in [6.45, 7) is 4.89. The van der Waals surface area contributed by atoms with Crippen molar-refractivity contribution in [3.63, 3.8) is 0 Å². The lowest BCUT2D eigenvalue weighted by molar-refractivity contribution is 0.112. The minimum absolute atomic E-state index is 0.603. The first-order valence-corrected chi connectivity index (χ1v) is 8.22. The standard InChI is InChI=1S/C16H23NS/c1-13-16(8-10-18-13)7-9-17-12-15(16)11-14-5-3-2-4-6-14/h2-6,13,15,17H,7-12H2,1H3. The van der Waals surface area contributed by atoms with E-state index in [0.29, 0.717) is 5.41 Å². The first-order chi connectivity index (χ1) is 8.81. The molecule has 2 heterocycles. The zero-order chi connectivity index (χ0) is 12.4. The molecule has 0 amide bonds. The topological polar surface area (TPSA) is 12.0 Å². The molecular formula is C16H23NS. The summed E-state index contributed by atoms with van der Waals surface area (Å²) in [6, 6.07) is 11.0. The number of hydrogen-bond donors (Lipinski definition) is 1. The van der Waals surface area contributed by atoms with Gasteiger partial charge in [-0.05, 0) is 55.0 Å². The Bertz CT molecular complexity index is 391. The van der Waals surface area contributed by atoms with E-state index in [-0.39, 0.29) is 0 Å². The highest BCUT2D eigenvalue weighted by molar-refractivity contribution is 8.00. The van der Waals surface area contributed by atoms with Gasteiger partial charge in [0.1, 0.15) is 0 Å². The molecule has 0 radical (unpaired) electrons. The fourth-order valence-corrected chi connectivity index (χ4v) is 5.45. The van der Waals surface area contributed by atoms with E-state index in [1.165, 1.54) is 43.7 Å². The molecule has 3 rings (SSSR count).